The van der Waals surface area contributed by atoms with E-state index in [9.17, 15) is 13.7 Å². The van der Waals surface area contributed by atoms with Crippen LogP contribution in [-0.4, -0.2) is 23.2 Å². The molecule has 0 aliphatic rings. The van der Waals surface area contributed by atoms with Crippen LogP contribution in [0.2, 0.25) is 0 Å². The van der Waals surface area contributed by atoms with Crippen molar-refractivity contribution >= 4 is 15.9 Å². The molecule has 0 amide bonds. The van der Waals surface area contributed by atoms with Gasteiger partial charge in [-0.1, -0.05) is 35.9 Å². The van der Waals surface area contributed by atoms with E-state index in [2.05, 4.69) is 10.1 Å². The van der Waals surface area contributed by atoms with Crippen molar-refractivity contribution < 1.29 is 8.42 Å². The van der Waals surface area contributed by atoms with Crippen molar-refractivity contribution in [2.24, 2.45) is 0 Å². The lowest BCUT2D eigenvalue weighted by atomic mass is 10.1. The van der Waals surface area contributed by atoms with Gasteiger partial charge in [-0.3, -0.25) is 4.98 Å². The molecule has 0 N–H and O–H groups in total. The molecule has 152 valence electrons. The molecule has 0 unspecified atom stereocenters. The molecule has 0 spiro atoms. The molecule has 0 bridgehead atoms. The average Bonchev–Trinajstić information content (AvgIpc) is 3.23. The van der Waals surface area contributed by atoms with Crippen molar-refractivity contribution in [2.75, 3.05) is 0 Å². The summed E-state index contributed by atoms with van der Waals surface area (Å²) in [5.74, 6) is 0. The van der Waals surface area contributed by atoms with Crippen LogP contribution in [0.15, 0.2) is 95.1 Å². The largest absolute Gasteiger partial charge is 0.264 e. The summed E-state index contributed by atoms with van der Waals surface area (Å²) >= 11 is 0. The highest BCUT2D eigenvalue weighted by atomic mass is 32.2. The number of aromatic nitrogens is 3. The second kappa shape index (κ2) is 8.38. The maximum absolute atomic E-state index is 13.1. The molecule has 2 aromatic heterocycles. The fraction of sp³-hybridized carbons (Fsp3) is 0.0417. The van der Waals surface area contributed by atoms with Gasteiger partial charge in [0, 0.05) is 29.7 Å². The van der Waals surface area contributed by atoms with Crippen molar-refractivity contribution in [3.63, 3.8) is 0 Å². The lowest BCUT2D eigenvalue weighted by Gasteiger charge is -2.04. The highest BCUT2D eigenvalue weighted by Crippen LogP contribution is 2.28. The predicted molar refractivity (Wildman–Crippen MR) is 119 cm³/mol. The monoisotopic (exact) mass is 426 g/mol. The Hall–Kier alpha value is -4.02. The Labute approximate surface area is 180 Å². The first-order valence-corrected chi connectivity index (χ1v) is 11.0. The molecule has 0 saturated carbocycles. The summed E-state index contributed by atoms with van der Waals surface area (Å²) in [4.78, 5) is 3.86. The zero-order valence-corrected chi connectivity index (χ0v) is 17.5. The minimum absolute atomic E-state index is 0.0734. The standard InChI is InChI=1S/C24H18N4O2S/c1-18-9-11-22(12-10-18)31(29,30)23(15-25)14-20-17-28(21-7-3-2-4-8-21)27-24(20)19-6-5-13-26-16-19/h2-14,16-17H,1H3/b23-14+. The van der Waals surface area contributed by atoms with E-state index in [0.29, 0.717) is 16.8 Å². The fourth-order valence-corrected chi connectivity index (χ4v) is 4.24. The number of nitriles is 1. The molecular formula is C24H18N4O2S. The van der Waals surface area contributed by atoms with E-state index in [1.54, 1.807) is 41.5 Å². The Morgan fingerprint density at radius 3 is 2.42 bits per heavy atom. The van der Waals surface area contributed by atoms with Crippen LogP contribution < -0.4 is 0 Å². The first-order valence-electron chi connectivity index (χ1n) is 9.48. The molecule has 7 heteroatoms. The molecule has 0 fully saturated rings. The zero-order valence-electron chi connectivity index (χ0n) is 16.7. The van der Waals surface area contributed by atoms with E-state index in [0.717, 1.165) is 11.3 Å². The fourth-order valence-electron chi connectivity index (χ4n) is 3.09. The Bertz CT molecular complexity index is 1380. The third kappa shape index (κ3) is 4.15. The number of pyridine rings is 1. The molecule has 2 heterocycles. The van der Waals surface area contributed by atoms with Crippen LogP contribution in [0, 0.1) is 18.3 Å². The van der Waals surface area contributed by atoms with Crippen molar-refractivity contribution in [1.82, 2.24) is 14.8 Å². The van der Waals surface area contributed by atoms with Crippen molar-refractivity contribution in [3.8, 4) is 23.0 Å². The Balaban J connectivity index is 1.87. The van der Waals surface area contributed by atoms with Gasteiger partial charge in [-0.25, -0.2) is 13.1 Å². The number of sulfone groups is 1. The lowest BCUT2D eigenvalue weighted by Crippen LogP contribution is -2.03. The molecule has 6 nitrogen and oxygen atoms in total. The number of hydrogen-bond acceptors (Lipinski definition) is 5. The molecule has 31 heavy (non-hydrogen) atoms. The lowest BCUT2D eigenvalue weighted by molar-refractivity contribution is 0.603. The van der Waals surface area contributed by atoms with Crippen LogP contribution in [0.4, 0.5) is 0 Å². The molecule has 0 aliphatic carbocycles. The number of nitrogens with zero attached hydrogens (tertiary/aromatic N) is 4. The first kappa shape index (κ1) is 20.3. The van der Waals surface area contributed by atoms with Crippen LogP contribution >= 0.6 is 0 Å². The van der Waals surface area contributed by atoms with Crippen molar-refractivity contribution in [1.29, 1.82) is 5.26 Å². The Kier molecular flexibility index (Phi) is 5.48. The number of allylic oxidation sites excluding steroid dienone is 1. The average molecular weight is 427 g/mol. The van der Waals surface area contributed by atoms with Gasteiger partial charge >= 0.3 is 0 Å². The van der Waals surface area contributed by atoms with E-state index in [1.807, 2.05) is 49.4 Å². The minimum atomic E-state index is -3.97. The van der Waals surface area contributed by atoms with Crippen molar-refractivity contribution in [2.45, 2.75) is 11.8 Å². The number of benzene rings is 2. The van der Waals surface area contributed by atoms with Gasteiger partial charge in [-0.2, -0.15) is 10.4 Å². The van der Waals surface area contributed by atoms with Crippen LogP contribution in [0.3, 0.4) is 0 Å². The second-order valence-corrected chi connectivity index (χ2v) is 8.81. The number of rotatable bonds is 5. The highest BCUT2D eigenvalue weighted by molar-refractivity contribution is 7.95. The van der Waals surface area contributed by atoms with E-state index in [-0.39, 0.29) is 9.80 Å². The molecular weight excluding hydrogens is 408 g/mol. The third-order valence-electron chi connectivity index (χ3n) is 4.72. The minimum Gasteiger partial charge on any atom is -0.264 e. The Morgan fingerprint density at radius 1 is 1.03 bits per heavy atom. The summed E-state index contributed by atoms with van der Waals surface area (Å²) < 4.78 is 27.8. The summed E-state index contributed by atoms with van der Waals surface area (Å²) in [6.45, 7) is 1.87. The SMILES string of the molecule is Cc1ccc(S(=O)(=O)/C(C#N)=C/c2cn(-c3ccccc3)nc2-c2cccnc2)cc1. The van der Waals surface area contributed by atoms with Gasteiger partial charge in [-0.15, -0.1) is 0 Å². The van der Waals surface area contributed by atoms with E-state index < -0.39 is 9.84 Å². The third-order valence-corrected chi connectivity index (χ3v) is 6.40. The molecule has 0 atom stereocenters. The molecule has 4 rings (SSSR count). The number of aryl methyl sites for hydroxylation is 1. The summed E-state index contributed by atoms with van der Waals surface area (Å²) in [6, 6.07) is 21.3. The van der Waals surface area contributed by atoms with Crippen LogP contribution in [0.1, 0.15) is 11.1 Å². The maximum atomic E-state index is 13.1. The smallest absolute Gasteiger partial charge is 0.216 e. The quantitative estimate of drug-likeness (QED) is 0.436. The molecule has 0 radical (unpaired) electrons. The van der Waals surface area contributed by atoms with E-state index in [1.165, 1.54) is 18.2 Å². The molecule has 0 aliphatic heterocycles. The summed E-state index contributed by atoms with van der Waals surface area (Å²) in [5, 5.41) is 14.3. The van der Waals surface area contributed by atoms with Crippen LogP contribution in [0.5, 0.6) is 0 Å². The molecule has 0 saturated heterocycles. The molecule has 4 aromatic rings. The maximum Gasteiger partial charge on any atom is 0.216 e. The van der Waals surface area contributed by atoms with E-state index in [4.69, 9.17) is 0 Å². The van der Waals surface area contributed by atoms with Gasteiger partial charge in [0.05, 0.1) is 10.6 Å². The number of hydrogen-bond donors (Lipinski definition) is 0. The highest BCUT2D eigenvalue weighted by Gasteiger charge is 2.22. The van der Waals surface area contributed by atoms with Crippen LogP contribution in [-0.2, 0) is 9.84 Å². The number of para-hydroxylation sites is 1. The Morgan fingerprint density at radius 2 is 1.77 bits per heavy atom. The normalized spacial score (nSPS) is 11.8. The van der Waals surface area contributed by atoms with Gasteiger partial charge in [-0.05, 0) is 49.4 Å². The molecule has 2 aromatic carbocycles. The van der Waals surface area contributed by atoms with Crippen molar-refractivity contribution in [3.05, 3.63) is 101 Å². The van der Waals surface area contributed by atoms with Gasteiger partial charge in [0.1, 0.15) is 16.7 Å². The first-order chi connectivity index (χ1) is 15.0. The second-order valence-electron chi connectivity index (χ2n) is 6.89. The van der Waals surface area contributed by atoms with Crippen LogP contribution in [0.25, 0.3) is 23.0 Å². The van der Waals surface area contributed by atoms with Gasteiger partial charge in [0.25, 0.3) is 0 Å². The summed E-state index contributed by atoms with van der Waals surface area (Å²) in [7, 11) is -3.97. The van der Waals surface area contributed by atoms with Gasteiger partial charge < -0.3 is 0 Å². The summed E-state index contributed by atoms with van der Waals surface area (Å²) in [6.07, 6.45) is 6.37. The topological polar surface area (TPSA) is 88.6 Å². The van der Waals surface area contributed by atoms with Gasteiger partial charge in [0.15, 0.2) is 0 Å². The zero-order chi connectivity index (χ0) is 21.8. The van der Waals surface area contributed by atoms with E-state index >= 15 is 0 Å². The van der Waals surface area contributed by atoms with Gasteiger partial charge in [0.2, 0.25) is 9.84 Å². The predicted octanol–water partition coefficient (Wildman–Crippen LogP) is 4.58. The summed E-state index contributed by atoms with van der Waals surface area (Å²) in [5.41, 5.74) is 3.50.